The second-order valence-corrected chi connectivity index (χ2v) is 17.7. The highest BCUT2D eigenvalue weighted by Crippen LogP contribution is 2.26. The van der Waals surface area contributed by atoms with E-state index in [2.05, 4.69) is 44.0 Å². The summed E-state index contributed by atoms with van der Waals surface area (Å²) in [5, 5.41) is 2.92. The van der Waals surface area contributed by atoms with E-state index >= 15 is 0 Å². The van der Waals surface area contributed by atoms with Gasteiger partial charge in [0, 0.05) is 5.19 Å². The topological polar surface area (TPSA) is 16.8 Å². The molecule has 1 aromatic carbocycles. The standard InChI is InChI=1S/C18H26FN2Si2/c1-13-11-14(19)7-8-15(13)17-20-18-16(12-21(17)2)22(3,4)9-10-23(18,5)6/h7-8,11-12H,9-10H2,1-6H3/q+1. The normalized spacial score (nSPS) is 18.6. The lowest BCUT2D eigenvalue weighted by molar-refractivity contribution is -0.662. The summed E-state index contributed by atoms with van der Waals surface area (Å²) in [6, 6.07) is 7.69. The summed E-state index contributed by atoms with van der Waals surface area (Å²) < 4.78 is 15.6. The van der Waals surface area contributed by atoms with E-state index in [9.17, 15) is 4.39 Å². The molecule has 5 heteroatoms. The van der Waals surface area contributed by atoms with Crippen LogP contribution in [-0.2, 0) is 7.05 Å². The van der Waals surface area contributed by atoms with Crippen molar-refractivity contribution in [3.05, 3.63) is 35.8 Å². The van der Waals surface area contributed by atoms with Crippen molar-refractivity contribution in [2.24, 2.45) is 7.05 Å². The van der Waals surface area contributed by atoms with E-state index in [1.54, 1.807) is 6.07 Å². The van der Waals surface area contributed by atoms with Crippen molar-refractivity contribution in [1.82, 2.24) is 4.98 Å². The quantitative estimate of drug-likeness (QED) is 0.574. The lowest BCUT2D eigenvalue weighted by Gasteiger charge is -2.35. The Morgan fingerprint density at radius 3 is 2.39 bits per heavy atom. The minimum absolute atomic E-state index is 0.185. The fourth-order valence-corrected chi connectivity index (χ4v) is 13.6. The zero-order chi connectivity index (χ0) is 17.0. The number of rotatable bonds is 1. The summed E-state index contributed by atoms with van der Waals surface area (Å²) in [4.78, 5) is 5.16. The molecule has 0 saturated heterocycles. The first kappa shape index (κ1) is 16.5. The molecular formula is C18H26FN2Si2+. The molecule has 0 spiro atoms. The Labute approximate surface area is 140 Å². The van der Waals surface area contributed by atoms with Crippen LogP contribution in [0.25, 0.3) is 11.4 Å². The summed E-state index contributed by atoms with van der Waals surface area (Å²) in [6.07, 6.45) is 2.32. The van der Waals surface area contributed by atoms with Crippen LogP contribution in [0.1, 0.15) is 5.56 Å². The van der Waals surface area contributed by atoms with Gasteiger partial charge in [0.05, 0.1) is 26.9 Å². The highest BCUT2D eigenvalue weighted by Gasteiger charge is 2.45. The molecule has 0 N–H and O–H groups in total. The first-order valence-corrected chi connectivity index (χ1v) is 14.7. The first-order valence-electron chi connectivity index (χ1n) is 8.30. The summed E-state index contributed by atoms with van der Waals surface area (Å²) in [7, 11) is -0.797. The average molecular weight is 346 g/mol. The van der Waals surface area contributed by atoms with Crippen LogP contribution in [0.2, 0.25) is 38.3 Å². The van der Waals surface area contributed by atoms with Gasteiger partial charge in [0.25, 0.3) is 0 Å². The van der Waals surface area contributed by atoms with Crippen LogP contribution >= 0.6 is 0 Å². The molecule has 0 aliphatic carbocycles. The number of benzene rings is 1. The third kappa shape index (κ3) is 2.80. The molecule has 0 saturated carbocycles. The molecule has 23 heavy (non-hydrogen) atoms. The van der Waals surface area contributed by atoms with Crippen molar-refractivity contribution in [2.45, 2.75) is 45.2 Å². The smallest absolute Gasteiger partial charge is 0.233 e. The average Bonchev–Trinajstić information content (AvgIpc) is 2.44. The van der Waals surface area contributed by atoms with Gasteiger partial charge in [-0.2, -0.15) is 0 Å². The van der Waals surface area contributed by atoms with Gasteiger partial charge in [-0.05, 0) is 30.7 Å². The number of hydrogen-bond acceptors (Lipinski definition) is 1. The van der Waals surface area contributed by atoms with E-state index in [0.29, 0.717) is 0 Å². The maximum atomic E-state index is 13.4. The van der Waals surface area contributed by atoms with E-state index in [0.717, 1.165) is 17.0 Å². The molecule has 122 valence electrons. The predicted molar refractivity (Wildman–Crippen MR) is 99.4 cm³/mol. The lowest BCUT2D eigenvalue weighted by Crippen LogP contribution is -2.67. The van der Waals surface area contributed by atoms with Crippen LogP contribution in [0.4, 0.5) is 4.39 Å². The summed E-state index contributed by atoms with van der Waals surface area (Å²) in [5.41, 5.74) is 1.98. The van der Waals surface area contributed by atoms with E-state index < -0.39 is 16.1 Å². The number of aryl methyl sites for hydroxylation is 2. The number of hydrogen-bond donors (Lipinski definition) is 0. The molecule has 1 aromatic heterocycles. The Hall–Kier alpha value is -1.34. The fraction of sp³-hybridized carbons (Fsp3) is 0.444. The van der Waals surface area contributed by atoms with Gasteiger partial charge in [0.15, 0.2) is 0 Å². The van der Waals surface area contributed by atoms with Crippen molar-refractivity contribution < 1.29 is 8.96 Å². The van der Waals surface area contributed by atoms with Crippen molar-refractivity contribution in [2.75, 3.05) is 0 Å². The molecular weight excluding hydrogens is 319 g/mol. The van der Waals surface area contributed by atoms with Gasteiger partial charge < -0.3 is 0 Å². The lowest BCUT2D eigenvalue weighted by atomic mass is 10.1. The summed E-state index contributed by atoms with van der Waals surface area (Å²) >= 11 is 0. The van der Waals surface area contributed by atoms with Crippen LogP contribution in [-0.4, -0.2) is 21.1 Å². The molecule has 1 aliphatic rings. The van der Waals surface area contributed by atoms with E-state index in [-0.39, 0.29) is 5.82 Å². The van der Waals surface area contributed by atoms with Crippen LogP contribution in [0.15, 0.2) is 24.4 Å². The largest absolute Gasteiger partial charge is 0.329 e. The zero-order valence-electron chi connectivity index (χ0n) is 15.0. The molecule has 2 aromatic rings. The fourth-order valence-electron chi connectivity index (χ4n) is 3.58. The summed E-state index contributed by atoms with van der Waals surface area (Å²) in [5.74, 6) is 0.781. The molecule has 1 aliphatic heterocycles. The first-order chi connectivity index (χ1) is 10.6. The van der Waals surface area contributed by atoms with Gasteiger partial charge in [-0.25, -0.2) is 8.96 Å². The Bertz CT molecular complexity index is 785. The van der Waals surface area contributed by atoms with Crippen LogP contribution < -0.4 is 15.1 Å². The second kappa shape index (κ2) is 5.34. The Kier molecular flexibility index (Phi) is 3.84. The van der Waals surface area contributed by atoms with Crippen molar-refractivity contribution in [1.29, 1.82) is 0 Å². The molecule has 2 heterocycles. The molecule has 0 amide bonds. The number of halogens is 1. The predicted octanol–water partition coefficient (Wildman–Crippen LogP) is 2.87. The highest BCUT2D eigenvalue weighted by molar-refractivity contribution is 7.02. The maximum Gasteiger partial charge on any atom is 0.329 e. The Balaban J connectivity index is 2.26. The third-order valence-corrected chi connectivity index (χ3v) is 12.5. The van der Waals surface area contributed by atoms with Crippen molar-refractivity contribution in [3.63, 3.8) is 0 Å². The van der Waals surface area contributed by atoms with E-state index in [1.165, 1.54) is 28.7 Å². The minimum Gasteiger partial charge on any atom is -0.233 e. The van der Waals surface area contributed by atoms with E-state index in [1.807, 2.05) is 13.0 Å². The van der Waals surface area contributed by atoms with Crippen LogP contribution in [0, 0.1) is 12.7 Å². The van der Waals surface area contributed by atoms with Gasteiger partial charge in [-0.3, -0.25) is 0 Å². The molecule has 3 rings (SSSR count). The Morgan fingerprint density at radius 2 is 1.74 bits per heavy atom. The van der Waals surface area contributed by atoms with E-state index in [4.69, 9.17) is 4.98 Å². The van der Waals surface area contributed by atoms with Gasteiger partial charge >= 0.3 is 5.82 Å². The SMILES string of the molecule is Cc1cc(F)ccc1-c1nc2c(c[n+]1C)[Si](C)(C)CC[Si]2(C)C. The molecule has 0 fully saturated rings. The van der Waals surface area contributed by atoms with Gasteiger partial charge in [-0.15, -0.1) is 0 Å². The molecule has 0 unspecified atom stereocenters. The molecule has 2 nitrogen and oxygen atoms in total. The van der Waals surface area contributed by atoms with Crippen molar-refractivity contribution in [3.8, 4) is 11.4 Å². The zero-order valence-corrected chi connectivity index (χ0v) is 17.0. The second-order valence-electron chi connectivity index (χ2n) is 8.16. The molecule has 0 bridgehead atoms. The Morgan fingerprint density at radius 1 is 1.09 bits per heavy atom. The summed E-state index contributed by atoms with van der Waals surface area (Å²) in [6.45, 7) is 11.7. The van der Waals surface area contributed by atoms with Gasteiger partial charge in [0.2, 0.25) is 0 Å². The molecule has 0 radical (unpaired) electrons. The molecule has 0 atom stereocenters. The maximum absolute atomic E-state index is 13.4. The highest BCUT2D eigenvalue weighted by atomic mass is 28.3. The van der Waals surface area contributed by atoms with Gasteiger partial charge in [0.1, 0.15) is 19.2 Å². The van der Waals surface area contributed by atoms with Crippen LogP contribution in [0.3, 0.4) is 0 Å². The van der Waals surface area contributed by atoms with Crippen LogP contribution in [0.5, 0.6) is 0 Å². The number of fused-ring (bicyclic) bond motifs is 1. The monoisotopic (exact) mass is 345 g/mol. The van der Waals surface area contributed by atoms with Gasteiger partial charge in [-0.1, -0.05) is 43.3 Å². The number of aromatic nitrogens is 2. The number of nitrogens with zero attached hydrogens (tertiary/aromatic N) is 2. The minimum atomic E-state index is -1.48. The third-order valence-electron chi connectivity index (χ3n) is 5.30. The van der Waals surface area contributed by atoms with Crippen molar-refractivity contribution >= 4 is 26.7 Å².